The predicted molar refractivity (Wildman–Crippen MR) is 57.5 cm³/mol. The molecule has 0 saturated heterocycles. The number of rotatable bonds is 4. The largest absolute Gasteiger partial charge is 0.481 e. The van der Waals surface area contributed by atoms with Crippen molar-refractivity contribution in [3.63, 3.8) is 0 Å². The number of nitrogens with zero attached hydrogens (tertiary/aromatic N) is 1. The van der Waals surface area contributed by atoms with Gasteiger partial charge in [-0.1, -0.05) is 0 Å². The van der Waals surface area contributed by atoms with Crippen LogP contribution in [0.2, 0.25) is 0 Å². The molecule has 0 saturated carbocycles. The Morgan fingerprint density at radius 3 is 2.86 bits per heavy atom. The second-order valence-electron chi connectivity index (χ2n) is 3.80. The van der Waals surface area contributed by atoms with Crippen molar-refractivity contribution >= 4 is 5.69 Å². The fraction of sp³-hybridized carbons (Fsp3) is 0.500. The van der Waals surface area contributed by atoms with Crippen LogP contribution in [0.5, 0.6) is 5.88 Å². The van der Waals surface area contributed by atoms with Crippen LogP contribution >= 0.6 is 0 Å². The van der Waals surface area contributed by atoms with Gasteiger partial charge in [-0.15, -0.1) is 0 Å². The molecule has 0 aliphatic rings. The van der Waals surface area contributed by atoms with E-state index in [1.165, 1.54) is 0 Å². The molecule has 14 heavy (non-hydrogen) atoms. The molecule has 0 radical (unpaired) electrons. The molecule has 0 aliphatic heterocycles. The Kier molecular flexibility index (Phi) is 3.30. The van der Waals surface area contributed by atoms with Crippen molar-refractivity contribution in [2.45, 2.75) is 19.4 Å². The van der Waals surface area contributed by atoms with Crippen LogP contribution in [0.3, 0.4) is 0 Å². The third-order valence-electron chi connectivity index (χ3n) is 1.94. The quantitative estimate of drug-likeness (QED) is 0.758. The van der Waals surface area contributed by atoms with Crippen LogP contribution in [0.4, 0.5) is 5.69 Å². The number of hydrogen-bond acceptors (Lipinski definition) is 4. The summed E-state index contributed by atoms with van der Waals surface area (Å²) >= 11 is 0. The summed E-state index contributed by atoms with van der Waals surface area (Å²) in [6.07, 6.45) is 1.70. The highest BCUT2D eigenvalue weighted by molar-refractivity contribution is 5.47. The molecule has 1 aromatic rings. The molecule has 0 aromatic carbocycles. The van der Waals surface area contributed by atoms with Gasteiger partial charge in [0.05, 0.1) is 7.11 Å². The summed E-state index contributed by atoms with van der Waals surface area (Å²) in [5.41, 5.74) is 6.46. The van der Waals surface area contributed by atoms with Crippen molar-refractivity contribution < 1.29 is 4.74 Å². The molecule has 4 nitrogen and oxygen atoms in total. The molecule has 0 amide bonds. The van der Waals surface area contributed by atoms with Gasteiger partial charge in [0.25, 0.3) is 0 Å². The van der Waals surface area contributed by atoms with E-state index >= 15 is 0 Å². The van der Waals surface area contributed by atoms with Crippen LogP contribution < -0.4 is 15.8 Å². The first-order valence-corrected chi connectivity index (χ1v) is 4.56. The van der Waals surface area contributed by atoms with E-state index in [0.717, 1.165) is 5.69 Å². The highest BCUT2D eigenvalue weighted by Crippen LogP contribution is 2.17. The van der Waals surface area contributed by atoms with Gasteiger partial charge in [0.2, 0.25) is 5.88 Å². The molecule has 1 rings (SSSR count). The fourth-order valence-corrected chi connectivity index (χ4v) is 1.04. The Morgan fingerprint density at radius 2 is 2.29 bits per heavy atom. The fourth-order valence-electron chi connectivity index (χ4n) is 1.04. The number of anilines is 1. The lowest BCUT2D eigenvalue weighted by atomic mass is 10.1. The van der Waals surface area contributed by atoms with E-state index in [0.29, 0.717) is 12.4 Å². The van der Waals surface area contributed by atoms with E-state index in [2.05, 4.69) is 10.3 Å². The van der Waals surface area contributed by atoms with E-state index in [9.17, 15) is 0 Å². The summed E-state index contributed by atoms with van der Waals surface area (Å²) < 4.78 is 5.02. The molecule has 0 fully saturated rings. The molecule has 0 spiro atoms. The first-order chi connectivity index (χ1) is 6.57. The van der Waals surface area contributed by atoms with E-state index < -0.39 is 0 Å². The Bertz CT molecular complexity index is 299. The zero-order valence-electron chi connectivity index (χ0n) is 8.87. The van der Waals surface area contributed by atoms with E-state index in [1.807, 2.05) is 26.0 Å². The minimum absolute atomic E-state index is 0.119. The van der Waals surface area contributed by atoms with Crippen LogP contribution in [0.25, 0.3) is 0 Å². The first-order valence-electron chi connectivity index (χ1n) is 4.56. The minimum atomic E-state index is -0.119. The number of ether oxygens (including phenoxy) is 1. The normalized spacial score (nSPS) is 11.1. The number of methoxy groups -OCH3 is 1. The number of hydrogen-bond donors (Lipinski definition) is 2. The monoisotopic (exact) mass is 195 g/mol. The van der Waals surface area contributed by atoms with Crippen molar-refractivity contribution in [3.8, 4) is 5.88 Å². The van der Waals surface area contributed by atoms with Crippen LogP contribution in [0.1, 0.15) is 13.8 Å². The standard InChI is InChI=1S/C10H17N3O/c1-10(2,7-11)13-8-4-5-12-9(6-8)14-3/h4-6H,7,11H2,1-3H3,(H,12,13). The van der Waals surface area contributed by atoms with Crippen molar-refractivity contribution in [2.75, 3.05) is 19.0 Å². The summed E-state index contributed by atoms with van der Waals surface area (Å²) in [6, 6.07) is 3.73. The third-order valence-corrected chi connectivity index (χ3v) is 1.94. The van der Waals surface area contributed by atoms with Crippen molar-refractivity contribution in [1.29, 1.82) is 0 Å². The van der Waals surface area contributed by atoms with Gasteiger partial charge in [0.15, 0.2) is 0 Å². The maximum atomic E-state index is 5.62. The third kappa shape index (κ3) is 2.88. The van der Waals surface area contributed by atoms with Crippen molar-refractivity contribution in [1.82, 2.24) is 4.98 Å². The number of pyridine rings is 1. The average molecular weight is 195 g/mol. The number of nitrogens with one attached hydrogen (secondary N) is 1. The van der Waals surface area contributed by atoms with E-state index in [1.54, 1.807) is 13.3 Å². The zero-order valence-corrected chi connectivity index (χ0v) is 8.87. The van der Waals surface area contributed by atoms with Crippen LogP contribution in [-0.4, -0.2) is 24.2 Å². The van der Waals surface area contributed by atoms with Gasteiger partial charge in [-0.3, -0.25) is 0 Å². The molecule has 1 heterocycles. The highest BCUT2D eigenvalue weighted by atomic mass is 16.5. The average Bonchev–Trinajstić information content (AvgIpc) is 2.17. The lowest BCUT2D eigenvalue weighted by molar-refractivity contribution is 0.398. The Hall–Kier alpha value is -1.29. The van der Waals surface area contributed by atoms with Gasteiger partial charge in [-0.2, -0.15) is 0 Å². The second kappa shape index (κ2) is 4.28. The number of aromatic nitrogens is 1. The van der Waals surface area contributed by atoms with Gasteiger partial charge in [0, 0.05) is 30.0 Å². The van der Waals surface area contributed by atoms with Crippen LogP contribution in [-0.2, 0) is 0 Å². The van der Waals surface area contributed by atoms with Gasteiger partial charge < -0.3 is 15.8 Å². The predicted octanol–water partition coefficient (Wildman–Crippen LogP) is 1.24. The maximum Gasteiger partial charge on any atom is 0.214 e. The van der Waals surface area contributed by atoms with Gasteiger partial charge in [-0.05, 0) is 19.9 Å². The SMILES string of the molecule is COc1cc(NC(C)(C)CN)ccn1. The van der Waals surface area contributed by atoms with E-state index in [4.69, 9.17) is 10.5 Å². The Labute approximate surface area is 84.5 Å². The second-order valence-corrected chi connectivity index (χ2v) is 3.80. The summed E-state index contributed by atoms with van der Waals surface area (Å²) in [4.78, 5) is 4.02. The zero-order chi connectivity index (χ0) is 10.6. The first kappa shape index (κ1) is 10.8. The smallest absolute Gasteiger partial charge is 0.214 e. The molecule has 0 atom stereocenters. The van der Waals surface area contributed by atoms with Gasteiger partial charge >= 0.3 is 0 Å². The van der Waals surface area contributed by atoms with Crippen LogP contribution in [0.15, 0.2) is 18.3 Å². The van der Waals surface area contributed by atoms with Crippen molar-refractivity contribution in [2.24, 2.45) is 5.73 Å². The Balaban J connectivity index is 2.76. The minimum Gasteiger partial charge on any atom is -0.481 e. The lowest BCUT2D eigenvalue weighted by Gasteiger charge is -2.25. The summed E-state index contributed by atoms with van der Waals surface area (Å²) in [5.74, 6) is 0.600. The molecule has 1 aromatic heterocycles. The molecule has 78 valence electrons. The lowest BCUT2D eigenvalue weighted by Crippen LogP contribution is -2.39. The molecule has 4 heteroatoms. The maximum absolute atomic E-state index is 5.62. The topological polar surface area (TPSA) is 60.2 Å². The molecule has 0 aliphatic carbocycles. The van der Waals surface area contributed by atoms with Gasteiger partial charge in [-0.25, -0.2) is 4.98 Å². The van der Waals surface area contributed by atoms with Gasteiger partial charge in [0.1, 0.15) is 0 Å². The van der Waals surface area contributed by atoms with Crippen LogP contribution in [0, 0.1) is 0 Å². The number of nitrogens with two attached hydrogens (primary N) is 1. The molecular weight excluding hydrogens is 178 g/mol. The summed E-state index contributed by atoms with van der Waals surface area (Å²) in [5, 5.41) is 3.30. The summed E-state index contributed by atoms with van der Waals surface area (Å²) in [6.45, 7) is 4.65. The summed E-state index contributed by atoms with van der Waals surface area (Å²) in [7, 11) is 1.60. The molecule has 0 unspecified atom stereocenters. The Morgan fingerprint density at radius 1 is 1.57 bits per heavy atom. The highest BCUT2D eigenvalue weighted by Gasteiger charge is 2.14. The molecule has 3 N–H and O–H groups in total. The molecule has 0 bridgehead atoms. The van der Waals surface area contributed by atoms with Crippen molar-refractivity contribution in [3.05, 3.63) is 18.3 Å². The van der Waals surface area contributed by atoms with E-state index in [-0.39, 0.29) is 5.54 Å². The molecular formula is C10H17N3O.